The maximum absolute atomic E-state index is 14.9. The molecule has 0 radical (unpaired) electrons. The van der Waals surface area contributed by atoms with Crippen LogP contribution in [0, 0.1) is 12.7 Å². The number of aromatic nitrogens is 4. The number of imidazole rings is 1. The van der Waals surface area contributed by atoms with Crippen LogP contribution in [0.15, 0.2) is 47.2 Å². The van der Waals surface area contributed by atoms with E-state index in [1.807, 2.05) is 6.07 Å². The Kier molecular flexibility index (Phi) is 7.79. The number of halogens is 1. The summed E-state index contributed by atoms with van der Waals surface area (Å²) >= 11 is 0. The molecule has 13 nitrogen and oxygen atoms in total. The van der Waals surface area contributed by atoms with E-state index in [9.17, 15) is 18.8 Å². The van der Waals surface area contributed by atoms with E-state index in [-0.39, 0.29) is 42.0 Å². The Morgan fingerprint density at radius 1 is 1.19 bits per heavy atom. The highest BCUT2D eigenvalue weighted by Gasteiger charge is 2.36. The Morgan fingerprint density at radius 2 is 1.98 bits per heavy atom. The maximum Gasteiger partial charge on any atom is 0.409 e. The number of hydrogen-bond donors (Lipinski definition) is 2. The van der Waals surface area contributed by atoms with Crippen LogP contribution in [0.3, 0.4) is 0 Å². The SMILES string of the molecule is Cc1c(F)cc(-c2noc(C3CN(C(=O)OCCNC(=O)OC(C)(C)C)C3)n2)cc1NC(=O)c1cnc2ccccn12. The summed E-state index contributed by atoms with van der Waals surface area (Å²) in [4.78, 5) is 47.0. The third-order valence-electron chi connectivity index (χ3n) is 6.43. The summed E-state index contributed by atoms with van der Waals surface area (Å²) in [5, 5.41) is 9.24. The van der Waals surface area contributed by atoms with Gasteiger partial charge in [0.25, 0.3) is 5.91 Å². The zero-order valence-corrected chi connectivity index (χ0v) is 23.5. The van der Waals surface area contributed by atoms with Gasteiger partial charge in [-0.15, -0.1) is 0 Å². The number of hydrogen-bond acceptors (Lipinski definition) is 9. The van der Waals surface area contributed by atoms with E-state index in [1.165, 1.54) is 17.2 Å². The smallest absolute Gasteiger partial charge is 0.409 e. The van der Waals surface area contributed by atoms with Crippen LogP contribution in [-0.2, 0) is 9.47 Å². The Labute approximate surface area is 240 Å². The molecule has 0 atom stereocenters. The van der Waals surface area contributed by atoms with Gasteiger partial charge < -0.3 is 29.5 Å². The van der Waals surface area contributed by atoms with Crippen LogP contribution in [0.4, 0.5) is 19.7 Å². The van der Waals surface area contributed by atoms with Crippen LogP contribution >= 0.6 is 0 Å². The molecule has 0 aliphatic carbocycles. The molecule has 3 amide bonds. The van der Waals surface area contributed by atoms with Crippen LogP contribution in [-0.4, -0.2) is 74.4 Å². The fourth-order valence-corrected chi connectivity index (χ4v) is 4.22. The average molecular weight is 580 g/mol. The molecule has 220 valence electrons. The number of nitrogens with one attached hydrogen (secondary N) is 2. The van der Waals surface area contributed by atoms with Crippen molar-refractivity contribution in [1.29, 1.82) is 0 Å². The number of likely N-dealkylation sites (tertiary alicyclic amines) is 1. The van der Waals surface area contributed by atoms with Gasteiger partial charge in [-0.05, 0) is 52.0 Å². The molecule has 0 saturated carbocycles. The number of benzene rings is 1. The monoisotopic (exact) mass is 579 g/mol. The second-order valence-electron chi connectivity index (χ2n) is 10.8. The Bertz CT molecular complexity index is 1640. The van der Waals surface area contributed by atoms with Gasteiger partial charge >= 0.3 is 12.2 Å². The first kappa shape index (κ1) is 28.5. The third-order valence-corrected chi connectivity index (χ3v) is 6.43. The summed E-state index contributed by atoms with van der Waals surface area (Å²) < 4.78 is 32.2. The second kappa shape index (κ2) is 11.5. The summed E-state index contributed by atoms with van der Waals surface area (Å²) in [5.74, 6) is -0.792. The highest BCUT2D eigenvalue weighted by Crippen LogP contribution is 2.30. The number of ether oxygens (including phenoxy) is 2. The Morgan fingerprint density at radius 3 is 2.74 bits per heavy atom. The highest BCUT2D eigenvalue weighted by molar-refractivity contribution is 6.04. The minimum atomic E-state index is -0.621. The normalized spacial score (nSPS) is 13.5. The summed E-state index contributed by atoms with van der Waals surface area (Å²) in [5.41, 5.74) is 1.10. The molecule has 2 N–H and O–H groups in total. The number of alkyl carbamates (subject to hydrolysis) is 1. The van der Waals surface area contributed by atoms with Gasteiger partial charge in [-0.3, -0.25) is 9.20 Å². The van der Waals surface area contributed by atoms with Gasteiger partial charge in [0.05, 0.1) is 18.7 Å². The molecular formula is C28H30FN7O6. The lowest BCUT2D eigenvalue weighted by molar-refractivity contribution is 0.0473. The van der Waals surface area contributed by atoms with Gasteiger partial charge in [0, 0.05) is 36.1 Å². The lowest BCUT2D eigenvalue weighted by atomic mass is 10.0. The Balaban J connectivity index is 1.16. The molecule has 0 unspecified atom stereocenters. The first-order chi connectivity index (χ1) is 20.0. The summed E-state index contributed by atoms with van der Waals surface area (Å²) in [6, 6.07) is 8.20. The Hall–Kier alpha value is -5.01. The third kappa shape index (κ3) is 6.32. The van der Waals surface area contributed by atoms with E-state index in [2.05, 4.69) is 25.8 Å². The quantitative estimate of drug-likeness (QED) is 0.308. The largest absolute Gasteiger partial charge is 0.448 e. The molecule has 0 bridgehead atoms. The predicted molar refractivity (Wildman–Crippen MR) is 147 cm³/mol. The molecular weight excluding hydrogens is 549 g/mol. The van der Waals surface area contributed by atoms with Crippen molar-refractivity contribution in [3.05, 3.63) is 65.7 Å². The van der Waals surface area contributed by atoms with Crippen molar-refractivity contribution < 1.29 is 32.8 Å². The molecule has 1 saturated heterocycles. The number of fused-ring (bicyclic) bond motifs is 1. The summed E-state index contributed by atoms with van der Waals surface area (Å²) in [7, 11) is 0. The second-order valence-corrected chi connectivity index (χ2v) is 10.8. The van der Waals surface area contributed by atoms with Gasteiger partial charge in [-0.2, -0.15) is 4.98 Å². The standard InChI is InChI=1S/C28H30FN7O6/c1-16-19(29)11-17(12-20(16)32-24(37)21-13-31-22-7-5-6-9-36(21)22)23-33-25(42-34-23)18-14-35(15-18)27(39)40-10-8-30-26(38)41-28(2,3)4/h5-7,9,11-13,18H,8,10,14-15H2,1-4H3,(H,30,38)(H,32,37). The van der Waals surface area contributed by atoms with E-state index in [0.29, 0.717) is 30.0 Å². The number of anilines is 1. The molecule has 4 aromatic rings. The van der Waals surface area contributed by atoms with Crippen molar-refractivity contribution in [2.24, 2.45) is 0 Å². The molecule has 42 heavy (non-hydrogen) atoms. The van der Waals surface area contributed by atoms with Gasteiger partial charge in [0.15, 0.2) is 0 Å². The first-order valence-corrected chi connectivity index (χ1v) is 13.2. The van der Waals surface area contributed by atoms with Crippen molar-refractivity contribution in [3.63, 3.8) is 0 Å². The van der Waals surface area contributed by atoms with Crippen LogP contribution in [0.25, 0.3) is 17.0 Å². The lowest BCUT2D eigenvalue weighted by Crippen LogP contribution is -2.49. The summed E-state index contributed by atoms with van der Waals surface area (Å²) in [6.45, 7) is 7.49. The van der Waals surface area contributed by atoms with Crippen LogP contribution in [0.5, 0.6) is 0 Å². The highest BCUT2D eigenvalue weighted by atomic mass is 19.1. The number of pyridine rings is 1. The van der Waals surface area contributed by atoms with E-state index in [4.69, 9.17) is 14.0 Å². The number of rotatable bonds is 7. The first-order valence-electron chi connectivity index (χ1n) is 13.2. The molecule has 1 fully saturated rings. The van der Waals surface area contributed by atoms with Crippen molar-refractivity contribution >= 4 is 29.4 Å². The maximum atomic E-state index is 14.9. The number of carbonyl (C=O) groups excluding carboxylic acids is 3. The zero-order valence-electron chi connectivity index (χ0n) is 23.5. The van der Waals surface area contributed by atoms with Crippen LogP contribution in [0.1, 0.15) is 48.6 Å². The molecule has 0 spiro atoms. The van der Waals surface area contributed by atoms with Crippen LogP contribution in [0.2, 0.25) is 0 Å². The number of amides is 3. The van der Waals surface area contributed by atoms with Gasteiger partial charge in [0.1, 0.15) is 29.4 Å². The van der Waals surface area contributed by atoms with Crippen molar-refractivity contribution in [3.8, 4) is 11.4 Å². The van der Waals surface area contributed by atoms with E-state index in [0.717, 1.165) is 0 Å². The minimum absolute atomic E-state index is 0.0148. The van der Waals surface area contributed by atoms with Crippen molar-refractivity contribution in [2.75, 3.05) is 31.6 Å². The predicted octanol–water partition coefficient (Wildman–Crippen LogP) is 4.14. The molecule has 3 aromatic heterocycles. The van der Waals surface area contributed by atoms with Gasteiger partial charge in [-0.25, -0.2) is 19.0 Å². The van der Waals surface area contributed by atoms with Crippen molar-refractivity contribution in [1.82, 2.24) is 29.7 Å². The van der Waals surface area contributed by atoms with E-state index >= 15 is 0 Å². The number of carbonyl (C=O) groups is 3. The summed E-state index contributed by atoms with van der Waals surface area (Å²) in [6.07, 6.45) is 2.03. The average Bonchev–Trinajstić information content (AvgIpc) is 3.55. The van der Waals surface area contributed by atoms with E-state index in [1.54, 1.807) is 56.5 Å². The minimum Gasteiger partial charge on any atom is -0.448 e. The fourth-order valence-electron chi connectivity index (χ4n) is 4.22. The van der Waals surface area contributed by atoms with E-state index < -0.39 is 29.5 Å². The molecule has 1 aliphatic rings. The number of nitrogens with zero attached hydrogens (tertiary/aromatic N) is 5. The zero-order chi connectivity index (χ0) is 30.0. The fraction of sp³-hybridized carbons (Fsp3) is 0.357. The topological polar surface area (TPSA) is 153 Å². The van der Waals surface area contributed by atoms with Crippen molar-refractivity contribution in [2.45, 2.75) is 39.2 Å². The molecule has 14 heteroatoms. The van der Waals surface area contributed by atoms with Gasteiger partial charge in [0.2, 0.25) is 11.7 Å². The van der Waals surface area contributed by atoms with Crippen LogP contribution < -0.4 is 10.6 Å². The molecule has 1 aliphatic heterocycles. The molecule has 4 heterocycles. The molecule has 5 rings (SSSR count). The lowest BCUT2D eigenvalue weighted by Gasteiger charge is -2.35. The van der Waals surface area contributed by atoms with Gasteiger partial charge in [-0.1, -0.05) is 11.2 Å². The molecule has 1 aromatic carbocycles.